The van der Waals surface area contributed by atoms with Crippen LogP contribution in [0, 0.1) is 6.92 Å². The van der Waals surface area contributed by atoms with E-state index in [4.69, 9.17) is 10.5 Å². The summed E-state index contributed by atoms with van der Waals surface area (Å²) in [6.07, 6.45) is 0. The molecule has 0 unspecified atom stereocenters. The van der Waals surface area contributed by atoms with Gasteiger partial charge in [-0.3, -0.25) is 0 Å². The highest BCUT2D eigenvalue weighted by Gasteiger charge is 2.10. The Balaban J connectivity index is 2.13. The van der Waals surface area contributed by atoms with E-state index in [1.54, 1.807) is 18.4 Å². The Kier molecular flexibility index (Phi) is 2.87. The van der Waals surface area contributed by atoms with Crippen LogP contribution in [0.25, 0.3) is 20.8 Å². The summed E-state index contributed by atoms with van der Waals surface area (Å²) in [7, 11) is 1.63. The summed E-state index contributed by atoms with van der Waals surface area (Å²) in [4.78, 5) is 4.66. The van der Waals surface area contributed by atoms with Gasteiger partial charge in [0.15, 0.2) is 0 Å². The van der Waals surface area contributed by atoms with Crippen molar-refractivity contribution >= 4 is 27.2 Å². The summed E-state index contributed by atoms with van der Waals surface area (Å²) in [5.41, 5.74) is 9.95. The van der Waals surface area contributed by atoms with Gasteiger partial charge in [0, 0.05) is 17.3 Å². The van der Waals surface area contributed by atoms with Crippen LogP contribution in [0.3, 0.4) is 0 Å². The lowest BCUT2D eigenvalue weighted by molar-refractivity contribution is 0.415. The number of nitrogen functional groups attached to an aromatic ring is 1. The minimum atomic E-state index is 0.690. The molecule has 0 atom stereocenters. The molecule has 96 valence electrons. The Morgan fingerprint density at radius 1 is 1.16 bits per heavy atom. The molecule has 0 saturated carbocycles. The molecule has 0 bridgehead atoms. The van der Waals surface area contributed by atoms with Crippen molar-refractivity contribution in [2.24, 2.45) is 0 Å². The van der Waals surface area contributed by atoms with E-state index in [1.165, 1.54) is 10.3 Å². The van der Waals surface area contributed by atoms with Gasteiger partial charge in [0.05, 0.1) is 17.3 Å². The van der Waals surface area contributed by atoms with Crippen LogP contribution in [-0.2, 0) is 0 Å². The number of nitrogens with two attached hydrogens (primary N) is 1. The molecule has 0 aliphatic carbocycles. The average molecular weight is 270 g/mol. The number of methoxy groups -OCH3 is 1. The van der Waals surface area contributed by atoms with Crippen molar-refractivity contribution in [3.05, 3.63) is 42.0 Å². The zero-order valence-electron chi connectivity index (χ0n) is 10.8. The second-order valence-electron chi connectivity index (χ2n) is 4.44. The van der Waals surface area contributed by atoms with Crippen LogP contribution >= 0.6 is 11.3 Å². The number of rotatable bonds is 2. The Morgan fingerprint density at radius 2 is 2.00 bits per heavy atom. The van der Waals surface area contributed by atoms with E-state index in [-0.39, 0.29) is 0 Å². The third kappa shape index (κ3) is 2.15. The van der Waals surface area contributed by atoms with Gasteiger partial charge in [-0.2, -0.15) is 0 Å². The Hall–Kier alpha value is -2.07. The quantitative estimate of drug-likeness (QED) is 0.719. The number of hydrogen-bond donors (Lipinski definition) is 1. The summed E-state index contributed by atoms with van der Waals surface area (Å²) in [5.74, 6) is 0.762. The fourth-order valence-electron chi connectivity index (χ4n) is 2.02. The molecule has 4 heteroatoms. The van der Waals surface area contributed by atoms with Gasteiger partial charge in [0.1, 0.15) is 10.8 Å². The fourth-order valence-corrected chi connectivity index (χ4v) is 3.01. The predicted octanol–water partition coefficient (Wildman–Crippen LogP) is 3.86. The van der Waals surface area contributed by atoms with Gasteiger partial charge < -0.3 is 10.5 Å². The average Bonchev–Trinajstić information content (AvgIpc) is 2.81. The highest BCUT2D eigenvalue weighted by atomic mass is 32.1. The first-order chi connectivity index (χ1) is 9.17. The standard InChI is InChI=1S/C15H14N2OS/c1-9-3-6-14-13(7-9)17-15(19-14)11-5-4-10(18-2)8-12(11)16/h3-8H,16H2,1-2H3. The minimum Gasteiger partial charge on any atom is -0.497 e. The van der Waals surface area contributed by atoms with Crippen molar-refractivity contribution in [1.29, 1.82) is 0 Å². The maximum absolute atomic E-state index is 6.07. The van der Waals surface area contributed by atoms with Crippen LogP contribution in [0.4, 0.5) is 5.69 Å². The van der Waals surface area contributed by atoms with E-state index in [1.807, 2.05) is 18.2 Å². The number of nitrogens with zero attached hydrogens (tertiary/aromatic N) is 1. The zero-order chi connectivity index (χ0) is 13.4. The number of fused-ring (bicyclic) bond motifs is 1. The molecule has 1 aromatic heterocycles. The van der Waals surface area contributed by atoms with E-state index in [0.29, 0.717) is 5.69 Å². The van der Waals surface area contributed by atoms with Gasteiger partial charge in [-0.15, -0.1) is 11.3 Å². The molecule has 2 N–H and O–H groups in total. The Morgan fingerprint density at radius 3 is 2.74 bits per heavy atom. The van der Waals surface area contributed by atoms with Gasteiger partial charge in [0.2, 0.25) is 0 Å². The molecule has 3 nitrogen and oxygen atoms in total. The third-order valence-corrected chi connectivity index (χ3v) is 4.10. The van der Waals surface area contributed by atoms with Crippen molar-refractivity contribution in [3.8, 4) is 16.3 Å². The number of aromatic nitrogens is 1. The second-order valence-corrected chi connectivity index (χ2v) is 5.47. The highest BCUT2D eigenvalue weighted by molar-refractivity contribution is 7.21. The number of hydrogen-bond acceptors (Lipinski definition) is 4. The Bertz CT molecular complexity index is 749. The molecule has 0 saturated heterocycles. The highest BCUT2D eigenvalue weighted by Crippen LogP contribution is 2.35. The van der Waals surface area contributed by atoms with E-state index in [2.05, 4.69) is 30.1 Å². The SMILES string of the molecule is COc1ccc(-c2nc3cc(C)ccc3s2)c(N)c1. The fraction of sp³-hybridized carbons (Fsp3) is 0.133. The van der Waals surface area contributed by atoms with Crippen molar-refractivity contribution in [1.82, 2.24) is 4.98 Å². The number of benzene rings is 2. The molecule has 1 heterocycles. The number of anilines is 1. The van der Waals surface area contributed by atoms with Crippen LogP contribution in [0.15, 0.2) is 36.4 Å². The summed E-state index contributed by atoms with van der Waals surface area (Å²) in [5, 5.41) is 0.945. The monoisotopic (exact) mass is 270 g/mol. The minimum absolute atomic E-state index is 0.690. The maximum atomic E-state index is 6.07. The first-order valence-corrected chi connectivity index (χ1v) is 6.80. The lowest BCUT2D eigenvalue weighted by atomic mass is 10.2. The molecular formula is C15H14N2OS. The first-order valence-electron chi connectivity index (χ1n) is 5.98. The maximum Gasteiger partial charge on any atom is 0.126 e. The summed E-state index contributed by atoms with van der Waals surface area (Å²) < 4.78 is 6.34. The van der Waals surface area contributed by atoms with Crippen molar-refractivity contribution in [3.63, 3.8) is 0 Å². The number of thiazole rings is 1. The summed E-state index contributed by atoms with van der Waals surface area (Å²) >= 11 is 1.65. The van der Waals surface area contributed by atoms with Crippen LogP contribution < -0.4 is 10.5 Å². The van der Waals surface area contributed by atoms with Crippen LogP contribution in [0.2, 0.25) is 0 Å². The van der Waals surface area contributed by atoms with E-state index >= 15 is 0 Å². The molecule has 3 rings (SSSR count). The van der Waals surface area contributed by atoms with Gasteiger partial charge in [-0.25, -0.2) is 4.98 Å². The molecular weight excluding hydrogens is 256 g/mol. The molecule has 19 heavy (non-hydrogen) atoms. The lowest BCUT2D eigenvalue weighted by Gasteiger charge is -2.04. The van der Waals surface area contributed by atoms with Crippen LogP contribution in [-0.4, -0.2) is 12.1 Å². The van der Waals surface area contributed by atoms with Gasteiger partial charge in [0.25, 0.3) is 0 Å². The van der Waals surface area contributed by atoms with Crippen LogP contribution in [0.5, 0.6) is 5.75 Å². The summed E-state index contributed by atoms with van der Waals surface area (Å²) in [6.45, 7) is 2.07. The number of ether oxygens (including phenoxy) is 1. The van der Waals surface area contributed by atoms with E-state index in [9.17, 15) is 0 Å². The van der Waals surface area contributed by atoms with Gasteiger partial charge >= 0.3 is 0 Å². The van der Waals surface area contributed by atoms with Crippen LogP contribution in [0.1, 0.15) is 5.56 Å². The number of aryl methyl sites for hydroxylation is 1. The first kappa shape index (κ1) is 12.0. The topological polar surface area (TPSA) is 48.1 Å². The molecule has 2 aromatic carbocycles. The summed E-state index contributed by atoms with van der Waals surface area (Å²) in [6, 6.07) is 12.0. The normalized spacial score (nSPS) is 10.8. The van der Waals surface area contributed by atoms with Crippen molar-refractivity contribution < 1.29 is 4.74 Å². The van der Waals surface area contributed by atoms with E-state index < -0.39 is 0 Å². The molecule has 3 aromatic rings. The largest absolute Gasteiger partial charge is 0.497 e. The smallest absolute Gasteiger partial charge is 0.126 e. The molecule has 0 fully saturated rings. The molecule has 0 aliphatic rings. The molecule has 0 amide bonds. The van der Waals surface area contributed by atoms with E-state index in [0.717, 1.165) is 21.8 Å². The molecule has 0 radical (unpaired) electrons. The second kappa shape index (κ2) is 4.55. The van der Waals surface area contributed by atoms with Gasteiger partial charge in [-0.1, -0.05) is 6.07 Å². The lowest BCUT2D eigenvalue weighted by Crippen LogP contribution is -1.91. The zero-order valence-corrected chi connectivity index (χ0v) is 11.6. The van der Waals surface area contributed by atoms with Gasteiger partial charge in [-0.05, 0) is 36.8 Å². The molecule has 0 aliphatic heterocycles. The van der Waals surface area contributed by atoms with Crippen molar-refractivity contribution in [2.75, 3.05) is 12.8 Å². The van der Waals surface area contributed by atoms with Crippen molar-refractivity contribution in [2.45, 2.75) is 6.92 Å². The molecule has 0 spiro atoms. The third-order valence-electron chi connectivity index (χ3n) is 3.03. The predicted molar refractivity (Wildman–Crippen MR) is 80.8 cm³/mol. The Labute approximate surface area is 115 Å².